The van der Waals surface area contributed by atoms with Gasteiger partial charge in [-0.25, -0.2) is 0 Å². The number of halogens is 2. The molecule has 1 saturated heterocycles. The van der Waals surface area contributed by atoms with E-state index in [2.05, 4.69) is 125 Å². The first kappa shape index (κ1) is 37.2. The van der Waals surface area contributed by atoms with Crippen molar-refractivity contribution < 1.29 is 45.1 Å². The van der Waals surface area contributed by atoms with Crippen molar-refractivity contribution in [3.8, 4) is 22.3 Å². The predicted molar refractivity (Wildman–Crippen MR) is 207 cm³/mol. The zero-order chi connectivity index (χ0) is 33.3. The van der Waals surface area contributed by atoms with E-state index < -0.39 is 20.3 Å². The van der Waals surface area contributed by atoms with Crippen molar-refractivity contribution in [3.63, 3.8) is 0 Å². The predicted octanol–water partition coefficient (Wildman–Crippen LogP) is 8.24. The van der Waals surface area contributed by atoms with Gasteiger partial charge in [-0.05, 0) is 0 Å². The molecule has 5 aliphatic rings. The van der Waals surface area contributed by atoms with Crippen molar-refractivity contribution in [1.82, 2.24) is 0 Å². The number of fused-ring (bicyclic) bond motifs is 2. The minimum atomic E-state index is -2.84. The van der Waals surface area contributed by atoms with Crippen LogP contribution in [0.5, 0.6) is 0 Å². The Morgan fingerprint density at radius 2 is 0.863 bits per heavy atom. The average molecular weight is 793 g/mol. The molecular formula is C48H54Cl2Zr. The summed E-state index contributed by atoms with van der Waals surface area (Å²) in [5.74, 6) is 2.70. The summed E-state index contributed by atoms with van der Waals surface area (Å²) in [6.07, 6.45) is 16.8. The molecule has 0 aromatic heterocycles. The van der Waals surface area contributed by atoms with Crippen LogP contribution in [0.3, 0.4) is 0 Å². The van der Waals surface area contributed by atoms with Crippen molar-refractivity contribution in [3.05, 3.63) is 129 Å². The molecule has 0 nitrogen and oxygen atoms in total. The molecule has 3 fully saturated rings. The number of rotatable bonds is 8. The minimum Gasteiger partial charge on any atom is -1.00 e. The van der Waals surface area contributed by atoms with Gasteiger partial charge in [0.25, 0.3) is 0 Å². The quantitative estimate of drug-likeness (QED) is 0.169. The summed E-state index contributed by atoms with van der Waals surface area (Å²) in [5.41, 5.74) is 19.0. The SMILES string of the molecule is CC(C)c1ccc(-c2cccc3c2C=C(C2CCCC2)[CH]3[Zr+2]2([CH]3C(C4CCCC4)=Cc4c(-c5ccc(C(C)C)cc5)cccc43)[CH2][CH2]2)cc1.[Cl-].[Cl-]. The van der Waals surface area contributed by atoms with Crippen molar-refractivity contribution in [2.75, 3.05) is 0 Å². The number of hydrogen-bond donors (Lipinski definition) is 0. The van der Waals surface area contributed by atoms with Gasteiger partial charge in [0.1, 0.15) is 0 Å². The topological polar surface area (TPSA) is 0 Å². The van der Waals surface area contributed by atoms with Gasteiger partial charge in [0.2, 0.25) is 0 Å². The number of allylic oxidation sites excluding steroid dienone is 2. The Bertz CT molecular complexity index is 1790. The van der Waals surface area contributed by atoms with E-state index in [4.69, 9.17) is 0 Å². The summed E-state index contributed by atoms with van der Waals surface area (Å²) in [5, 5.41) is 0. The van der Waals surface area contributed by atoms with Crippen LogP contribution >= 0.6 is 0 Å². The van der Waals surface area contributed by atoms with Crippen LogP contribution < -0.4 is 24.8 Å². The van der Waals surface area contributed by atoms with Crippen LogP contribution in [0.25, 0.3) is 34.4 Å². The van der Waals surface area contributed by atoms with E-state index in [0.29, 0.717) is 11.8 Å². The molecule has 0 bridgehead atoms. The summed E-state index contributed by atoms with van der Waals surface area (Å²) >= 11 is -2.84. The van der Waals surface area contributed by atoms with Gasteiger partial charge in [0.05, 0.1) is 0 Å². The van der Waals surface area contributed by atoms with Gasteiger partial charge in [-0.15, -0.1) is 0 Å². The van der Waals surface area contributed by atoms with Gasteiger partial charge in [-0.2, -0.15) is 0 Å². The van der Waals surface area contributed by atoms with E-state index in [9.17, 15) is 0 Å². The van der Waals surface area contributed by atoms with Crippen molar-refractivity contribution in [2.24, 2.45) is 11.8 Å². The van der Waals surface area contributed by atoms with Crippen LogP contribution in [0.2, 0.25) is 8.26 Å². The summed E-state index contributed by atoms with van der Waals surface area (Å²) in [4.78, 5) is 0. The van der Waals surface area contributed by atoms with Crippen molar-refractivity contribution in [2.45, 2.75) is 106 Å². The molecule has 3 heteroatoms. The molecule has 1 heterocycles. The molecule has 4 aliphatic carbocycles. The number of benzene rings is 4. The zero-order valence-corrected chi connectivity index (χ0v) is 35.0. The van der Waals surface area contributed by atoms with E-state index >= 15 is 0 Å². The fraction of sp³-hybridized carbons (Fsp3) is 0.417. The molecule has 4 aromatic rings. The normalized spacial score (nSPS) is 21.4. The van der Waals surface area contributed by atoms with Crippen LogP contribution in [0, 0.1) is 11.8 Å². The molecule has 9 rings (SSSR count). The molecule has 0 spiro atoms. The fourth-order valence-corrected chi connectivity index (χ4v) is 28.5. The summed E-state index contributed by atoms with van der Waals surface area (Å²) in [6, 6.07) is 34.0. The van der Waals surface area contributed by atoms with E-state index in [1.54, 1.807) is 30.5 Å². The minimum absolute atomic E-state index is 0. The van der Waals surface area contributed by atoms with Crippen molar-refractivity contribution in [1.29, 1.82) is 0 Å². The summed E-state index contributed by atoms with van der Waals surface area (Å²) in [7, 11) is 0. The molecule has 1 aliphatic heterocycles. The maximum atomic E-state index is 2.78. The van der Waals surface area contributed by atoms with Crippen LogP contribution in [-0.4, -0.2) is 0 Å². The molecule has 0 N–H and O–H groups in total. The molecular weight excluding hydrogens is 739 g/mol. The summed E-state index contributed by atoms with van der Waals surface area (Å²) in [6.45, 7) is 9.22. The second-order valence-corrected chi connectivity index (χ2v) is 28.4. The van der Waals surface area contributed by atoms with E-state index in [-0.39, 0.29) is 24.8 Å². The third kappa shape index (κ3) is 6.44. The Balaban J connectivity index is 0.00000203. The first-order valence-corrected chi connectivity index (χ1v) is 26.1. The van der Waals surface area contributed by atoms with Gasteiger partial charge in [0, 0.05) is 0 Å². The monoisotopic (exact) mass is 790 g/mol. The van der Waals surface area contributed by atoms with E-state index in [0.717, 1.165) is 19.1 Å². The van der Waals surface area contributed by atoms with E-state index in [1.165, 1.54) is 84.7 Å². The van der Waals surface area contributed by atoms with E-state index in [1.807, 2.05) is 11.1 Å². The third-order valence-corrected chi connectivity index (χ3v) is 26.5. The van der Waals surface area contributed by atoms with Crippen LogP contribution in [-0.2, 0) is 20.3 Å². The fourth-order valence-electron chi connectivity index (χ4n) is 10.8. The molecule has 2 atom stereocenters. The van der Waals surface area contributed by atoms with Gasteiger partial charge in [0.15, 0.2) is 0 Å². The van der Waals surface area contributed by atoms with Crippen molar-refractivity contribution >= 4 is 12.2 Å². The second kappa shape index (κ2) is 14.9. The smallest absolute Gasteiger partial charge is 1.00 e. The zero-order valence-electron chi connectivity index (χ0n) is 31.0. The third-order valence-electron chi connectivity index (χ3n) is 13.6. The van der Waals surface area contributed by atoms with Crippen LogP contribution in [0.1, 0.15) is 132 Å². The Morgan fingerprint density at radius 1 is 0.490 bits per heavy atom. The maximum absolute atomic E-state index is 2.84. The first-order valence-electron chi connectivity index (χ1n) is 19.8. The Kier molecular flexibility index (Phi) is 10.9. The maximum Gasteiger partial charge on any atom is -1.00 e. The Hall–Kier alpha value is -2.18. The molecule has 2 unspecified atom stereocenters. The largest absolute Gasteiger partial charge is 1.00 e. The molecule has 0 radical (unpaired) electrons. The molecule has 2 saturated carbocycles. The summed E-state index contributed by atoms with van der Waals surface area (Å²) < 4.78 is 4.57. The van der Waals surface area contributed by atoms with Crippen LogP contribution in [0.4, 0.5) is 0 Å². The first-order chi connectivity index (χ1) is 23.9. The van der Waals surface area contributed by atoms with Crippen LogP contribution in [0.15, 0.2) is 96.1 Å². The molecule has 51 heavy (non-hydrogen) atoms. The second-order valence-electron chi connectivity index (χ2n) is 17.0. The molecule has 0 amide bonds. The number of hydrogen-bond acceptors (Lipinski definition) is 0. The van der Waals surface area contributed by atoms with Gasteiger partial charge < -0.3 is 24.8 Å². The molecule has 4 aromatic carbocycles. The average Bonchev–Trinajstić information content (AvgIpc) is 3.65. The standard InChI is InChI=1S/2C23H25.C2H4.2ClH.Zr/c2*1-16(2)17-10-12-19(13-11-17)22-9-5-8-20-14-21(15-23(20)22)18-6-3-4-7-18;1-2;;;/h2*5,8-16,18H,3-4,6-7H2,1-2H3;1-2H2;2*1H;/q;;;;;+2/p-2. The van der Waals surface area contributed by atoms with Gasteiger partial charge in [-0.3, -0.25) is 0 Å². The Morgan fingerprint density at radius 3 is 1.20 bits per heavy atom. The molecule has 264 valence electrons. The van der Waals surface area contributed by atoms with Gasteiger partial charge >= 0.3 is 302 Å². The van der Waals surface area contributed by atoms with Gasteiger partial charge in [-0.1, -0.05) is 0 Å². The Labute approximate surface area is 324 Å².